The van der Waals surface area contributed by atoms with Crippen molar-refractivity contribution in [3.8, 4) is 0 Å². The van der Waals surface area contributed by atoms with Crippen molar-refractivity contribution in [1.29, 1.82) is 0 Å². The number of rotatable bonds is 5. The number of aliphatic hydroxyl groups excluding tert-OH is 1. The lowest BCUT2D eigenvalue weighted by Gasteiger charge is -2.23. The number of carbonyl (C=O) groups excluding carboxylic acids is 1. The van der Waals surface area contributed by atoms with E-state index in [1.54, 1.807) is 0 Å². The Hall–Kier alpha value is -1.39. The second-order valence-electron chi connectivity index (χ2n) is 4.81. The van der Waals surface area contributed by atoms with Crippen LogP contribution >= 0.6 is 0 Å². The first-order chi connectivity index (χ1) is 7.93. The predicted molar refractivity (Wildman–Crippen MR) is 69.0 cm³/mol. The Morgan fingerprint density at radius 1 is 1.41 bits per heavy atom. The molecule has 4 nitrogen and oxygen atoms in total. The van der Waals surface area contributed by atoms with Gasteiger partial charge in [-0.2, -0.15) is 0 Å². The summed E-state index contributed by atoms with van der Waals surface area (Å²) < 4.78 is 0. The Labute approximate surface area is 102 Å². The highest BCUT2D eigenvalue weighted by molar-refractivity contribution is 5.92. The number of carbonyl (C=O) groups is 1. The molecule has 0 atom stereocenters. The second-order valence-corrected chi connectivity index (χ2v) is 4.81. The van der Waals surface area contributed by atoms with E-state index >= 15 is 0 Å². The molecular formula is C13H20N2O2. The van der Waals surface area contributed by atoms with Crippen molar-refractivity contribution >= 4 is 11.6 Å². The van der Waals surface area contributed by atoms with Crippen molar-refractivity contribution < 1.29 is 9.90 Å². The summed E-state index contributed by atoms with van der Waals surface area (Å²) in [5.41, 5.74) is 1.45. The van der Waals surface area contributed by atoms with Crippen LogP contribution in [0.4, 0.5) is 5.69 Å². The molecule has 3 N–H and O–H groups in total. The van der Waals surface area contributed by atoms with Crippen LogP contribution in [0.2, 0.25) is 0 Å². The highest BCUT2D eigenvalue weighted by Crippen LogP contribution is 2.09. The van der Waals surface area contributed by atoms with Gasteiger partial charge in [-0.1, -0.05) is 12.1 Å². The summed E-state index contributed by atoms with van der Waals surface area (Å²) in [7, 11) is 0. The maximum absolute atomic E-state index is 11.6. The van der Waals surface area contributed by atoms with Crippen LogP contribution in [0.1, 0.15) is 19.4 Å². The normalized spacial score (nSPS) is 11.3. The largest absolute Gasteiger partial charge is 0.394 e. The van der Waals surface area contributed by atoms with Crippen molar-refractivity contribution in [3.63, 3.8) is 0 Å². The van der Waals surface area contributed by atoms with Gasteiger partial charge in [-0.3, -0.25) is 4.79 Å². The minimum Gasteiger partial charge on any atom is -0.394 e. The summed E-state index contributed by atoms with van der Waals surface area (Å²) in [6.07, 6.45) is 0. The number of benzene rings is 1. The molecule has 94 valence electrons. The van der Waals surface area contributed by atoms with Crippen LogP contribution in [0, 0.1) is 6.92 Å². The number of amides is 1. The second kappa shape index (κ2) is 5.80. The molecule has 1 aromatic carbocycles. The molecule has 0 bridgehead atoms. The topological polar surface area (TPSA) is 61.4 Å². The molecule has 1 aromatic rings. The maximum Gasteiger partial charge on any atom is 0.238 e. The molecule has 17 heavy (non-hydrogen) atoms. The summed E-state index contributed by atoms with van der Waals surface area (Å²) in [5.74, 6) is -0.114. The zero-order valence-corrected chi connectivity index (χ0v) is 10.6. The maximum atomic E-state index is 11.6. The molecule has 0 aliphatic carbocycles. The Bertz CT molecular complexity index is 389. The summed E-state index contributed by atoms with van der Waals surface area (Å²) in [6.45, 7) is 5.83. The SMILES string of the molecule is Cc1cccc(NC(=O)CNC(C)(C)CO)c1. The van der Waals surface area contributed by atoms with Gasteiger partial charge >= 0.3 is 0 Å². The quantitative estimate of drug-likeness (QED) is 0.722. The molecule has 4 heteroatoms. The molecule has 0 aromatic heterocycles. The fourth-order valence-electron chi connectivity index (χ4n) is 1.30. The Balaban J connectivity index is 2.45. The molecule has 0 fully saturated rings. The van der Waals surface area contributed by atoms with E-state index in [0.717, 1.165) is 11.3 Å². The molecule has 0 saturated carbocycles. The lowest BCUT2D eigenvalue weighted by molar-refractivity contribution is -0.115. The molecule has 1 amide bonds. The van der Waals surface area contributed by atoms with Gasteiger partial charge in [-0.15, -0.1) is 0 Å². The van der Waals surface area contributed by atoms with E-state index in [2.05, 4.69) is 10.6 Å². The minimum absolute atomic E-state index is 0.00920. The van der Waals surface area contributed by atoms with Crippen LogP contribution in [-0.4, -0.2) is 29.7 Å². The van der Waals surface area contributed by atoms with Gasteiger partial charge in [-0.05, 0) is 38.5 Å². The first-order valence-corrected chi connectivity index (χ1v) is 5.65. The summed E-state index contributed by atoms with van der Waals surface area (Å²) in [4.78, 5) is 11.6. The van der Waals surface area contributed by atoms with E-state index in [9.17, 15) is 4.79 Å². The smallest absolute Gasteiger partial charge is 0.238 e. The van der Waals surface area contributed by atoms with Gasteiger partial charge in [0.1, 0.15) is 0 Å². The zero-order chi connectivity index (χ0) is 12.9. The fraction of sp³-hybridized carbons (Fsp3) is 0.462. The van der Waals surface area contributed by atoms with E-state index in [1.807, 2.05) is 45.0 Å². The van der Waals surface area contributed by atoms with E-state index in [4.69, 9.17) is 5.11 Å². The van der Waals surface area contributed by atoms with Gasteiger partial charge in [0.15, 0.2) is 0 Å². The number of aliphatic hydroxyl groups is 1. The molecule has 0 aliphatic rings. The highest BCUT2D eigenvalue weighted by Gasteiger charge is 2.16. The fourth-order valence-corrected chi connectivity index (χ4v) is 1.30. The van der Waals surface area contributed by atoms with Crippen LogP contribution in [0.25, 0.3) is 0 Å². The molecule has 0 saturated heterocycles. The highest BCUT2D eigenvalue weighted by atomic mass is 16.3. The molecule has 0 aliphatic heterocycles. The molecule has 0 spiro atoms. The van der Waals surface area contributed by atoms with Gasteiger partial charge in [0.05, 0.1) is 13.2 Å². The lowest BCUT2D eigenvalue weighted by atomic mass is 10.1. The zero-order valence-electron chi connectivity index (χ0n) is 10.6. The number of nitrogens with one attached hydrogen (secondary N) is 2. The van der Waals surface area contributed by atoms with Crippen LogP contribution in [0.5, 0.6) is 0 Å². The van der Waals surface area contributed by atoms with Crippen molar-refractivity contribution in [1.82, 2.24) is 5.32 Å². The summed E-state index contributed by atoms with van der Waals surface area (Å²) in [6, 6.07) is 7.63. The molecule has 1 rings (SSSR count). The van der Waals surface area contributed by atoms with Crippen LogP contribution in [0.15, 0.2) is 24.3 Å². The average molecular weight is 236 g/mol. The number of hydrogen-bond acceptors (Lipinski definition) is 3. The third-order valence-electron chi connectivity index (χ3n) is 2.42. The summed E-state index contributed by atoms with van der Waals surface area (Å²) >= 11 is 0. The van der Waals surface area contributed by atoms with E-state index in [0.29, 0.717) is 0 Å². The van der Waals surface area contributed by atoms with Gasteiger partial charge in [-0.25, -0.2) is 0 Å². The van der Waals surface area contributed by atoms with E-state index in [-0.39, 0.29) is 19.1 Å². The first-order valence-electron chi connectivity index (χ1n) is 5.65. The number of anilines is 1. The van der Waals surface area contributed by atoms with Gasteiger partial charge < -0.3 is 15.7 Å². The number of hydrogen-bond donors (Lipinski definition) is 3. The van der Waals surface area contributed by atoms with Crippen LogP contribution in [0.3, 0.4) is 0 Å². The van der Waals surface area contributed by atoms with E-state index < -0.39 is 5.54 Å². The standard InChI is InChI=1S/C13H20N2O2/c1-10-5-4-6-11(7-10)15-12(17)8-14-13(2,3)9-16/h4-7,14,16H,8-9H2,1-3H3,(H,15,17). The van der Waals surface area contributed by atoms with E-state index in [1.165, 1.54) is 0 Å². The number of aryl methyl sites for hydroxylation is 1. The molecule has 0 radical (unpaired) electrons. The molecule has 0 unspecified atom stereocenters. The van der Waals surface area contributed by atoms with Gasteiger partial charge in [0, 0.05) is 11.2 Å². The Kier molecular flexibility index (Phi) is 4.66. The lowest BCUT2D eigenvalue weighted by Crippen LogP contribution is -2.46. The van der Waals surface area contributed by atoms with Crippen LogP contribution in [-0.2, 0) is 4.79 Å². The third-order valence-corrected chi connectivity index (χ3v) is 2.42. The van der Waals surface area contributed by atoms with Gasteiger partial charge in [0.25, 0.3) is 0 Å². The predicted octanol–water partition coefficient (Wildman–Crippen LogP) is 1.29. The molecule has 0 heterocycles. The van der Waals surface area contributed by atoms with Crippen molar-refractivity contribution in [2.24, 2.45) is 0 Å². The van der Waals surface area contributed by atoms with Crippen molar-refractivity contribution in [3.05, 3.63) is 29.8 Å². The van der Waals surface area contributed by atoms with Crippen molar-refractivity contribution in [2.75, 3.05) is 18.5 Å². The first kappa shape index (κ1) is 13.7. The third kappa shape index (κ3) is 4.97. The summed E-state index contributed by atoms with van der Waals surface area (Å²) in [5, 5.41) is 14.8. The van der Waals surface area contributed by atoms with Crippen molar-refractivity contribution in [2.45, 2.75) is 26.3 Å². The Morgan fingerprint density at radius 3 is 2.71 bits per heavy atom. The Morgan fingerprint density at radius 2 is 2.12 bits per heavy atom. The average Bonchev–Trinajstić information content (AvgIpc) is 2.27. The van der Waals surface area contributed by atoms with Gasteiger partial charge in [0.2, 0.25) is 5.91 Å². The minimum atomic E-state index is -0.441. The monoisotopic (exact) mass is 236 g/mol. The molecular weight excluding hydrogens is 216 g/mol. The van der Waals surface area contributed by atoms with Crippen LogP contribution < -0.4 is 10.6 Å².